The normalized spacial score (nSPS) is 21.6. The van der Waals surface area contributed by atoms with Crippen LogP contribution < -0.4 is 4.74 Å². The molecule has 1 unspecified atom stereocenters. The topological polar surface area (TPSA) is 66.8 Å². The Kier molecular flexibility index (Phi) is 5.84. The van der Waals surface area contributed by atoms with Gasteiger partial charge in [-0.15, -0.1) is 11.3 Å². The molecule has 1 N–H and O–H groups in total. The Hall–Kier alpha value is -2.02. The summed E-state index contributed by atoms with van der Waals surface area (Å²) in [5.41, 5.74) is 1.33. The lowest BCUT2D eigenvalue weighted by Gasteiger charge is -2.30. The van der Waals surface area contributed by atoms with Gasteiger partial charge in [-0.1, -0.05) is 36.0 Å². The summed E-state index contributed by atoms with van der Waals surface area (Å²) in [5, 5.41) is 13.5. The van der Waals surface area contributed by atoms with E-state index in [4.69, 9.17) is 27.9 Å². The lowest BCUT2D eigenvalue weighted by molar-refractivity contribution is -0.141. The molecule has 0 bridgehead atoms. The van der Waals surface area contributed by atoms with Crippen LogP contribution in [0.25, 0.3) is 5.76 Å². The lowest BCUT2D eigenvalue weighted by Crippen LogP contribution is -2.37. The number of carbonyl (C=O) groups excluding carboxylic acids is 2. The van der Waals surface area contributed by atoms with Crippen LogP contribution in [0.15, 0.2) is 29.2 Å². The Labute approximate surface area is 188 Å². The van der Waals surface area contributed by atoms with Gasteiger partial charge in [-0.05, 0) is 48.9 Å². The third-order valence-corrected chi connectivity index (χ3v) is 7.46. The van der Waals surface area contributed by atoms with E-state index in [0.717, 1.165) is 36.1 Å². The summed E-state index contributed by atoms with van der Waals surface area (Å²) in [6.45, 7) is 1.95. The molecule has 2 aromatic rings. The van der Waals surface area contributed by atoms with Crippen LogP contribution in [0.1, 0.15) is 47.7 Å². The van der Waals surface area contributed by atoms with Crippen LogP contribution in [-0.4, -0.2) is 34.8 Å². The summed E-state index contributed by atoms with van der Waals surface area (Å²) in [4.78, 5) is 28.7. The number of methoxy groups -OCH3 is 1. The molecule has 2 fully saturated rings. The number of amides is 1. The number of carbonyl (C=O) groups is 2. The largest absolute Gasteiger partial charge is 0.507 e. The number of halogens is 2. The Morgan fingerprint density at radius 1 is 1.20 bits per heavy atom. The number of thiophene rings is 1. The highest BCUT2D eigenvalue weighted by Crippen LogP contribution is 2.46. The lowest BCUT2D eigenvalue weighted by atomic mass is 9.97. The van der Waals surface area contributed by atoms with Crippen LogP contribution >= 0.6 is 34.5 Å². The molecule has 1 aromatic heterocycles. The molecule has 0 radical (unpaired) electrons. The molecule has 1 amide bonds. The second-order valence-corrected chi connectivity index (χ2v) is 9.35. The van der Waals surface area contributed by atoms with Gasteiger partial charge in [-0.2, -0.15) is 0 Å². The zero-order valence-electron chi connectivity index (χ0n) is 16.6. The van der Waals surface area contributed by atoms with Crippen LogP contribution in [-0.2, 0) is 9.59 Å². The van der Waals surface area contributed by atoms with E-state index in [-0.39, 0.29) is 38.7 Å². The fourth-order valence-electron chi connectivity index (χ4n) is 4.38. The number of hydrogen-bond donors (Lipinski definition) is 1. The highest BCUT2D eigenvalue weighted by atomic mass is 35.5. The van der Waals surface area contributed by atoms with Crippen LogP contribution in [0, 0.1) is 6.92 Å². The van der Waals surface area contributed by atoms with E-state index in [2.05, 4.69) is 0 Å². The average Bonchev–Trinajstić information content (AvgIpc) is 3.42. The highest BCUT2D eigenvalue weighted by molar-refractivity contribution is 7.10. The van der Waals surface area contributed by atoms with Gasteiger partial charge in [0.1, 0.15) is 11.8 Å². The van der Waals surface area contributed by atoms with Gasteiger partial charge in [0.05, 0.1) is 22.7 Å². The van der Waals surface area contributed by atoms with Crippen LogP contribution in [0.3, 0.4) is 0 Å². The predicted molar refractivity (Wildman–Crippen MR) is 118 cm³/mol. The Morgan fingerprint density at radius 2 is 1.83 bits per heavy atom. The van der Waals surface area contributed by atoms with E-state index in [1.165, 1.54) is 30.6 Å². The second-order valence-electron chi connectivity index (χ2n) is 7.59. The summed E-state index contributed by atoms with van der Waals surface area (Å²) in [6.07, 6.45) is 3.75. The summed E-state index contributed by atoms with van der Waals surface area (Å²) < 4.78 is 5.17. The van der Waals surface area contributed by atoms with Crippen molar-refractivity contribution >= 4 is 52.0 Å². The number of nitrogens with zero attached hydrogens (tertiary/aromatic N) is 1. The van der Waals surface area contributed by atoms with Crippen molar-refractivity contribution in [1.82, 2.24) is 4.90 Å². The number of ether oxygens (including phenoxy) is 1. The van der Waals surface area contributed by atoms with Crippen molar-refractivity contribution in [3.63, 3.8) is 0 Å². The molecule has 1 saturated carbocycles. The summed E-state index contributed by atoms with van der Waals surface area (Å²) >= 11 is 14.0. The monoisotopic (exact) mass is 465 g/mol. The van der Waals surface area contributed by atoms with Gasteiger partial charge in [-0.3, -0.25) is 9.59 Å². The van der Waals surface area contributed by atoms with Crippen molar-refractivity contribution in [2.24, 2.45) is 0 Å². The van der Waals surface area contributed by atoms with Crippen LogP contribution in [0.2, 0.25) is 10.0 Å². The molecule has 1 atom stereocenters. The van der Waals surface area contributed by atoms with Crippen molar-refractivity contribution in [3.05, 3.63) is 55.2 Å². The summed E-state index contributed by atoms with van der Waals surface area (Å²) in [6, 6.07) is 4.30. The van der Waals surface area contributed by atoms with E-state index >= 15 is 0 Å². The smallest absolute Gasteiger partial charge is 0.295 e. The number of ketones is 1. The fraction of sp³-hybridized carbons (Fsp3) is 0.364. The van der Waals surface area contributed by atoms with Crippen molar-refractivity contribution in [3.8, 4) is 5.75 Å². The Morgan fingerprint density at radius 3 is 2.37 bits per heavy atom. The van der Waals surface area contributed by atoms with Crippen LogP contribution in [0.5, 0.6) is 5.75 Å². The highest BCUT2D eigenvalue weighted by Gasteiger charge is 2.50. The number of Topliss-reactive ketones (excluding diaryl/α,β-unsaturated/α-hetero) is 1. The Balaban J connectivity index is 1.91. The zero-order valence-corrected chi connectivity index (χ0v) is 18.9. The minimum absolute atomic E-state index is 0.0127. The molecule has 5 nitrogen and oxygen atoms in total. The van der Waals surface area contributed by atoms with Gasteiger partial charge in [0, 0.05) is 16.5 Å². The first-order valence-corrected chi connectivity index (χ1v) is 11.4. The minimum Gasteiger partial charge on any atom is -0.507 e. The quantitative estimate of drug-likeness (QED) is 0.355. The number of aliphatic hydroxyl groups is 1. The molecule has 8 heteroatoms. The molecular weight excluding hydrogens is 445 g/mol. The van der Waals surface area contributed by atoms with Gasteiger partial charge >= 0.3 is 0 Å². The first kappa shape index (κ1) is 21.2. The molecule has 158 valence electrons. The molecule has 4 rings (SSSR count). The van der Waals surface area contributed by atoms with E-state index in [1.54, 1.807) is 4.90 Å². The maximum atomic E-state index is 13.1. The molecule has 0 spiro atoms. The van der Waals surface area contributed by atoms with Gasteiger partial charge in [0.25, 0.3) is 11.7 Å². The van der Waals surface area contributed by atoms with Crippen molar-refractivity contribution < 1.29 is 19.4 Å². The number of hydrogen-bond acceptors (Lipinski definition) is 5. The number of aliphatic hydroxyl groups excluding tert-OH is 1. The molecule has 1 aliphatic heterocycles. The van der Waals surface area contributed by atoms with E-state index in [1.807, 2.05) is 18.4 Å². The first-order valence-electron chi connectivity index (χ1n) is 9.72. The maximum absolute atomic E-state index is 13.1. The third-order valence-electron chi connectivity index (χ3n) is 5.82. The zero-order chi connectivity index (χ0) is 21.6. The molecular formula is C22H21Cl2NO4S. The summed E-state index contributed by atoms with van der Waals surface area (Å²) in [7, 11) is 1.44. The molecule has 30 heavy (non-hydrogen) atoms. The van der Waals surface area contributed by atoms with E-state index in [0.29, 0.717) is 0 Å². The average molecular weight is 466 g/mol. The maximum Gasteiger partial charge on any atom is 0.295 e. The number of aryl methyl sites for hydroxylation is 1. The number of likely N-dealkylation sites (tertiary alicyclic amines) is 1. The minimum atomic E-state index is -0.680. The van der Waals surface area contributed by atoms with Gasteiger partial charge in [0.2, 0.25) is 0 Å². The van der Waals surface area contributed by atoms with Gasteiger partial charge < -0.3 is 14.7 Å². The van der Waals surface area contributed by atoms with Gasteiger partial charge in [-0.25, -0.2) is 0 Å². The number of benzene rings is 1. The van der Waals surface area contributed by atoms with Crippen LogP contribution in [0.4, 0.5) is 0 Å². The van der Waals surface area contributed by atoms with Gasteiger partial charge in [0.15, 0.2) is 5.75 Å². The molecule has 1 aliphatic carbocycles. The first-order chi connectivity index (χ1) is 14.3. The second kappa shape index (κ2) is 8.25. The third kappa shape index (κ3) is 3.41. The van der Waals surface area contributed by atoms with Crippen molar-refractivity contribution in [2.45, 2.75) is 44.7 Å². The molecule has 2 heterocycles. The number of rotatable bonds is 4. The molecule has 1 aromatic carbocycles. The Bertz CT molecular complexity index is 1030. The van der Waals surface area contributed by atoms with Crippen molar-refractivity contribution in [1.29, 1.82) is 0 Å². The predicted octanol–water partition coefficient (Wildman–Crippen LogP) is 5.74. The molecule has 1 saturated heterocycles. The summed E-state index contributed by atoms with van der Waals surface area (Å²) in [5.74, 6) is -1.24. The fourth-order valence-corrected chi connectivity index (χ4v) is 6.05. The van der Waals surface area contributed by atoms with E-state index in [9.17, 15) is 14.7 Å². The SMILES string of the molecule is COc1c(Cl)cc(/C(O)=C2/C(=O)C(=O)N(C3CCCC3)C2c2sccc2C)cc1Cl. The standard InChI is InChI=1S/C22H21Cl2NO4S/c1-11-7-8-30-21(11)17-16(19(27)22(28)25(17)13-5-3-4-6-13)18(26)12-9-14(23)20(29-2)15(24)10-12/h7-10,13,17,26H,3-6H2,1-2H3/b18-16-. The van der Waals surface area contributed by atoms with E-state index < -0.39 is 17.7 Å². The molecule has 2 aliphatic rings. The van der Waals surface area contributed by atoms with Crippen molar-refractivity contribution in [2.75, 3.05) is 7.11 Å².